The van der Waals surface area contributed by atoms with Gasteiger partial charge >= 0.3 is 0 Å². The lowest BCUT2D eigenvalue weighted by Crippen LogP contribution is -2.20. The van der Waals surface area contributed by atoms with E-state index in [0.29, 0.717) is 23.1 Å². The van der Waals surface area contributed by atoms with Crippen LogP contribution in [0, 0.1) is 17.2 Å². The Morgan fingerprint density at radius 1 is 1.12 bits per heavy atom. The van der Waals surface area contributed by atoms with Gasteiger partial charge in [-0.05, 0) is 55.6 Å². The summed E-state index contributed by atoms with van der Waals surface area (Å²) in [6.07, 6.45) is 11.5. The molecule has 3 N–H and O–H groups in total. The molecule has 5 nitrogen and oxygen atoms in total. The van der Waals surface area contributed by atoms with Gasteiger partial charge in [-0.3, -0.25) is 0 Å². The van der Waals surface area contributed by atoms with Crippen molar-refractivity contribution in [2.45, 2.75) is 58.8 Å². The molecule has 174 valence electrons. The number of aryl methyl sites for hydroxylation is 1. The van der Waals surface area contributed by atoms with E-state index in [-0.39, 0.29) is 0 Å². The third kappa shape index (κ3) is 4.98. The van der Waals surface area contributed by atoms with Crippen LogP contribution in [0.1, 0.15) is 69.2 Å². The molecule has 2 aromatic rings. The maximum absolute atomic E-state index is 8.74. The summed E-state index contributed by atoms with van der Waals surface area (Å²) in [4.78, 5) is 9.55. The van der Waals surface area contributed by atoms with Crippen molar-refractivity contribution in [3.05, 3.63) is 64.1 Å². The van der Waals surface area contributed by atoms with E-state index in [1.54, 1.807) is 0 Å². The van der Waals surface area contributed by atoms with Crippen molar-refractivity contribution in [3.8, 4) is 0 Å². The van der Waals surface area contributed by atoms with Gasteiger partial charge in [-0.1, -0.05) is 62.6 Å². The zero-order chi connectivity index (χ0) is 23.4. The topological polar surface area (TPSA) is 73.7 Å². The van der Waals surface area contributed by atoms with Crippen LogP contribution in [0.25, 0.3) is 11.3 Å². The second kappa shape index (κ2) is 10.5. The van der Waals surface area contributed by atoms with Crippen molar-refractivity contribution < 1.29 is 0 Å². The molecule has 0 saturated heterocycles. The summed E-state index contributed by atoms with van der Waals surface area (Å²) < 4.78 is 0. The van der Waals surface area contributed by atoms with E-state index in [1.807, 2.05) is 37.5 Å². The Kier molecular flexibility index (Phi) is 7.49. The molecule has 33 heavy (non-hydrogen) atoms. The minimum Gasteiger partial charge on any atom is -0.387 e. The molecule has 0 aliphatic heterocycles. The summed E-state index contributed by atoms with van der Waals surface area (Å²) in [6, 6.07) is 7.74. The number of benzene rings is 1. The van der Waals surface area contributed by atoms with Gasteiger partial charge in [0.25, 0.3) is 0 Å². The molecule has 0 amide bonds. The van der Waals surface area contributed by atoms with Gasteiger partial charge in [0, 0.05) is 40.8 Å². The summed E-state index contributed by atoms with van der Waals surface area (Å²) >= 11 is 6.52. The maximum atomic E-state index is 8.74. The molecular formula is C27H34ClN5. The molecule has 0 bridgehead atoms. The van der Waals surface area contributed by atoms with Gasteiger partial charge in [0.1, 0.15) is 0 Å². The second-order valence-electron chi connectivity index (χ2n) is 8.99. The minimum absolute atomic E-state index is 0.571. The van der Waals surface area contributed by atoms with E-state index in [0.717, 1.165) is 59.2 Å². The van der Waals surface area contributed by atoms with Gasteiger partial charge in [0.2, 0.25) is 5.95 Å². The van der Waals surface area contributed by atoms with Crippen LogP contribution in [-0.2, 0) is 6.42 Å². The number of rotatable bonds is 6. The highest BCUT2D eigenvalue weighted by atomic mass is 35.5. The van der Waals surface area contributed by atoms with Crippen LogP contribution in [-0.4, -0.2) is 22.7 Å². The van der Waals surface area contributed by atoms with Gasteiger partial charge in [-0.25, -0.2) is 9.97 Å². The number of halogens is 1. The van der Waals surface area contributed by atoms with Gasteiger partial charge in [-0.15, -0.1) is 0 Å². The number of hydrogen-bond donors (Lipinski definition) is 3. The van der Waals surface area contributed by atoms with Gasteiger partial charge in [0.05, 0.1) is 11.4 Å². The van der Waals surface area contributed by atoms with E-state index in [2.05, 4.69) is 35.5 Å². The van der Waals surface area contributed by atoms with Crippen LogP contribution in [0.4, 0.5) is 5.95 Å². The smallest absolute Gasteiger partial charge is 0.227 e. The molecule has 2 aliphatic rings. The Labute approximate surface area is 202 Å². The molecule has 0 fully saturated rings. The molecule has 1 aromatic heterocycles. The largest absolute Gasteiger partial charge is 0.387 e. The Hall–Kier alpha value is -2.66. The summed E-state index contributed by atoms with van der Waals surface area (Å²) in [5.74, 6) is 2.13. The molecule has 1 heterocycles. The number of anilines is 1. The highest BCUT2D eigenvalue weighted by molar-refractivity contribution is 6.35. The second-order valence-corrected chi connectivity index (χ2v) is 9.40. The third-order valence-electron chi connectivity index (χ3n) is 7.13. The molecule has 0 saturated carbocycles. The molecule has 4 rings (SSSR count). The number of fused-ring (bicyclic) bond motifs is 1. The molecule has 2 unspecified atom stereocenters. The number of allylic oxidation sites excluding steroid dienone is 3. The summed E-state index contributed by atoms with van der Waals surface area (Å²) in [7, 11) is 1.87. The summed E-state index contributed by atoms with van der Waals surface area (Å²) in [5, 5.41) is 16.2. The quantitative estimate of drug-likeness (QED) is 0.444. The molecule has 6 heteroatoms. The van der Waals surface area contributed by atoms with E-state index < -0.39 is 0 Å². The van der Waals surface area contributed by atoms with Crippen molar-refractivity contribution in [3.63, 3.8) is 0 Å². The fourth-order valence-electron chi connectivity index (χ4n) is 5.18. The van der Waals surface area contributed by atoms with Crippen LogP contribution in [0.2, 0.25) is 5.02 Å². The first-order valence-corrected chi connectivity index (χ1v) is 12.5. The zero-order valence-corrected chi connectivity index (χ0v) is 20.6. The normalized spacial score (nSPS) is 22.2. The van der Waals surface area contributed by atoms with E-state index >= 15 is 0 Å². The molecule has 1 aromatic carbocycles. The fourth-order valence-corrected chi connectivity index (χ4v) is 5.41. The standard InChI is InChI=1S/C27H34ClN5/c1-4-17-10-13-20(14-11-18(17)5-2)32-27-31-16-19-12-15-23(29)24(25(19)33-27)26(30-3)21-8-6-7-9-22(21)28/h6-9,13,16-18,29-30H,4-5,10-12,14-15H2,1-3H3,(H,31,32,33)/b26-24+,29-23?. The average Bonchev–Trinajstić information content (AvgIpc) is 3.03. The monoisotopic (exact) mass is 463 g/mol. The zero-order valence-electron chi connectivity index (χ0n) is 19.8. The Bertz CT molecular complexity index is 1090. The predicted octanol–water partition coefficient (Wildman–Crippen LogP) is 6.72. The molecule has 2 atom stereocenters. The number of hydrogen-bond acceptors (Lipinski definition) is 5. The van der Waals surface area contributed by atoms with Crippen molar-refractivity contribution >= 4 is 34.5 Å². The number of nitrogens with one attached hydrogen (secondary N) is 3. The highest BCUT2D eigenvalue weighted by Crippen LogP contribution is 2.36. The van der Waals surface area contributed by atoms with Crippen LogP contribution in [0.3, 0.4) is 0 Å². The van der Waals surface area contributed by atoms with E-state index in [1.165, 1.54) is 25.0 Å². The van der Waals surface area contributed by atoms with Crippen molar-refractivity contribution in [2.24, 2.45) is 11.8 Å². The molecule has 2 aliphatic carbocycles. The Balaban J connectivity index is 1.70. The highest BCUT2D eigenvalue weighted by Gasteiger charge is 2.26. The van der Waals surface area contributed by atoms with Crippen LogP contribution >= 0.6 is 11.6 Å². The van der Waals surface area contributed by atoms with Gasteiger partial charge in [0.15, 0.2) is 0 Å². The molecule has 0 radical (unpaired) electrons. The lowest BCUT2D eigenvalue weighted by Gasteiger charge is -2.23. The SMILES string of the molecule is CCC1CC=C(Nc2ncc3c(n2)/C(=C(/NC)c2ccccc2Cl)C(=N)CC3)CCC1CC. The summed E-state index contributed by atoms with van der Waals surface area (Å²) in [5.41, 5.74) is 6.19. The lowest BCUT2D eigenvalue weighted by atomic mass is 9.84. The van der Waals surface area contributed by atoms with Gasteiger partial charge < -0.3 is 16.0 Å². The van der Waals surface area contributed by atoms with Crippen molar-refractivity contribution in [1.29, 1.82) is 5.41 Å². The molecule has 0 spiro atoms. The predicted molar refractivity (Wildman–Crippen MR) is 139 cm³/mol. The first-order chi connectivity index (χ1) is 16.0. The number of nitrogens with zero attached hydrogens (tertiary/aromatic N) is 2. The fraction of sp³-hybridized carbons (Fsp3) is 0.444. The van der Waals surface area contributed by atoms with Crippen molar-refractivity contribution in [2.75, 3.05) is 12.4 Å². The van der Waals surface area contributed by atoms with E-state index in [9.17, 15) is 0 Å². The first-order valence-electron chi connectivity index (χ1n) is 12.1. The number of aromatic nitrogens is 2. The summed E-state index contributed by atoms with van der Waals surface area (Å²) in [6.45, 7) is 4.60. The van der Waals surface area contributed by atoms with Crippen LogP contribution in [0.15, 0.2) is 42.2 Å². The Morgan fingerprint density at radius 3 is 2.64 bits per heavy atom. The minimum atomic E-state index is 0.571. The van der Waals surface area contributed by atoms with Crippen LogP contribution < -0.4 is 10.6 Å². The Morgan fingerprint density at radius 2 is 1.91 bits per heavy atom. The van der Waals surface area contributed by atoms with Gasteiger partial charge in [-0.2, -0.15) is 0 Å². The third-order valence-corrected chi connectivity index (χ3v) is 7.46. The maximum Gasteiger partial charge on any atom is 0.227 e. The molecular weight excluding hydrogens is 430 g/mol. The lowest BCUT2D eigenvalue weighted by molar-refractivity contribution is 0.304. The van der Waals surface area contributed by atoms with E-state index in [4.69, 9.17) is 22.0 Å². The van der Waals surface area contributed by atoms with Crippen molar-refractivity contribution in [1.82, 2.24) is 15.3 Å². The first kappa shape index (κ1) is 23.5. The average molecular weight is 464 g/mol. The van der Waals surface area contributed by atoms with Crippen LogP contribution in [0.5, 0.6) is 0 Å².